The average Bonchev–Trinajstić information content (AvgIpc) is 2.99. The molecule has 0 amide bonds. The lowest BCUT2D eigenvalue weighted by molar-refractivity contribution is -0.139. The van der Waals surface area contributed by atoms with Crippen molar-refractivity contribution in [3.63, 3.8) is 0 Å². The minimum atomic E-state index is -0.736. The zero-order valence-electron chi connectivity index (χ0n) is 11.3. The fourth-order valence-corrected chi connectivity index (χ4v) is 3.67. The molecular weight excluding hydrogens is 270 g/mol. The van der Waals surface area contributed by atoms with E-state index in [1.165, 1.54) is 4.88 Å². The van der Waals surface area contributed by atoms with Gasteiger partial charge in [0.05, 0.1) is 5.92 Å². The molecule has 0 spiro atoms. The number of carboxylic acid groups (broad SMARTS) is 1. The number of fused-ring (bicyclic) bond motifs is 1. The van der Waals surface area contributed by atoms with Gasteiger partial charge in [0.2, 0.25) is 0 Å². The Morgan fingerprint density at radius 3 is 2.85 bits per heavy atom. The molecule has 0 radical (unpaired) electrons. The van der Waals surface area contributed by atoms with Crippen LogP contribution in [0.3, 0.4) is 0 Å². The predicted molar refractivity (Wildman–Crippen MR) is 80.0 cm³/mol. The first kappa shape index (κ1) is 13.3. The van der Waals surface area contributed by atoms with Crippen LogP contribution in [0.1, 0.15) is 34.9 Å². The molecule has 0 fully saturated rings. The van der Waals surface area contributed by atoms with Crippen LogP contribution in [-0.4, -0.2) is 22.5 Å². The summed E-state index contributed by atoms with van der Waals surface area (Å²) in [4.78, 5) is 15.1. The third-order valence-corrected chi connectivity index (χ3v) is 5.06. The minimum absolute atomic E-state index is 0.255. The summed E-state index contributed by atoms with van der Waals surface area (Å²) in [6.45, 7) is 3.54. The summed E-state index contributed by atoms with van der Waals surface area (Å²) in [5, 5.41) is 11.6. The third kappa shape index (κ3) is 2.37. The summed E-state index contributed by atoms with van der Waals surface area (Å²) in [5.74, 6) is -1.16. The van der Waals surface area contributed by atoms with Gasteiger partial charge in [-0.1, -0.05) is 30.3 Å². The van der Waals surface area contributed by atoms with Crippen LogP contribution in [0, 0.1) is 0 Å². The van der Waals surface area contributed by atoms with Gasteiger partial charge in [-0.2, -0.15) is 0 Å². The molecule has 2 heterocycles. The van der Waals surface area contributed by atoms with Crippen molar-refractivity contribution in [3.05, 3.63) is 57.8 Å². The van der Waals surface area contributed by atoms with Crippen LogP contribution in [0.4, 0.5) is 0 Å². The first-order chi connectivity index (χ1) is 9.66. The first-order valence-electron chi connectivity index (χ1n) is 6.75. The van der Waals surface area contributed by atoms with Crippen LogP contribution in [0.2, 0.25) is 0 Å². The molecule has 0 saturated carbocycles. The van der Waals surface area contributed by atoms with E-state index in [9.17, 15) is 9.90 Å². The highest BCUT2D eigenvalue weighted by Crippen LogP contribution is 2.34. The third-order valence-electron chi connectivity index (χ3n) is 4.02. The van der Waals surface area contributed by atoms with Crippen LogP contribution in [0.15, 0.2) is 41.8 Å². The van der Waals surface area contributed by atoms with E-state index in [-0.39, 0.29) is 6.04 Å². The average molecular weight is 287 g/mol. The number of hydrogen-bond donors (Lipinski definition) is 1. The van der Waals surface area contributed by atoms with Gasteiger partial charge in [-0.25, -0.2) is 0 Å². The van der Waals surface area contributed by atoms with Crippen LogP contribution in [0.25, 0.3) is 0 Å². The van der Waals surface area contributed by atoms with E-state index in [2.05, 4.69) is 23.3 Å². The molecule has 3 nitrogen and oxygen atoms in total. The minimum Gasteiger partial charge on any atom is -0.481 e. The summed E-state index contributed by atoms with van der Waals surface area (Å²) >= 11 is 1.73. The molecule has 104 valence electrons. The Labute approximate surface area is 122 Å². The Bertz CT molecular complexity index is 609. The maximum absolute atomic E-state index is 11.5. The van der Waals surface area contributed by atoms with Crippen molar-refractivity contribution >= 4 is 17.3 Å². The number of benzene rings is 1. The smallest absolute Gasteiger partial charge is 0.312 e. The zero-order valence-corrected chi connectivity index (χ0v) is 12.1. The Kier molecular flexibility index (Phi) is 3.59. The molecule has 1 N–H and O–H groups in total. The molecule has 0 aliphatic carbocycles. The summed E-state index contributed by atoms with van der Waals surface area (Å²) in [6.07, 6.45) is 0. The highest BCUT2D eigenvalue weighted by atomic mass is 32.1. The summed E-state index contributed by atoms with van der Waals surface area (Å²) in [5.41, 5.74) is 2.10. The molecule has 3 rings (SSSR count). The molecule has 1 aliphatic rings. The van der Waals surface area contributed by atoms with Crippen molar-refractivity contribution in [1.29, 1.82) is 0 Å². The maximum Gasteiger partial charge on any atom is 0.312 e. The van der Waals surface area contributed by atoms with Gasteiger partial charge in [-0.3, -0.25) is 9.69 Å². The molecule has 2 atom stereocenters. The molecule has 0 saturated heterocycles. The zero-order chi connectivity index (χ0) is 14.1. The molecular formula is C16H17NO2S. The molecule has 0 bridgehead atoms. The number of hydrogen-bond acceptors (Lipinski definition) is 3. The SMILES string of the molecule is CC(c1cccs1)N1Cc2ccccc2C(C(=O)O)C1. The second-order valence-corrected chi connectivity index (χ2v) is 6.19. The number of nitrogens with zero attached hydrogens (tertiary/aromatic N) is 1. The standard InChI is InChI=1S/C16H17NO2S/c1-11(15-7-4-8-20-15)17-9-12-5-2-3-6-13(12)14(10-17)16(18)19/h2-8,11,14H,9-10H2,1H3,(H,18,19). The highest BCUT2D eigenvalue weighted by molar-refractivity contribution is 7.10. The number of carboxylic acids is 1. The summed E-state index contributed by atoms with van der Waals surface area (Å²) in [7, 11) is 0. The largest absolute Gasteiger partial charge is 0.481 e. The lowest BCUT2D eigenvalue weighted by Gasteiger charge is -2.36. The normalized spacial score (nSPS) is 20.4. The fraction of sp³-hybridized carbons (Fsp3) is 0.312. The van der Waals surface area contributed by atoms with Crippen LogP contribution in [0.5, 0.6) is 0 Å². The van der Waals surface area contributed by atoms with E-state index in [1.54, 1.807) is 11.3 Å². The predicted octanol–water partition coefficient (Wildman–Crippen LogP) is 3.49. The van der Waals surface area contributed by atoms with Gasteiger partial charge in [0.15, 0.2) is 0 Å². The van der Waals surface area contributed by atoms with Gasteiger partial charge in [0.25, 0.3) is 0 Å². The van der Waals surface area contributed by atoms with Gasteiger partial charge in [-0.15, -0.1) is 11.3 Å². The van der Waals surface area contributed by atoms with Crippen LogP contribution in [-0.2, 0) is 11.3 Å². The number of rotatable bonds is 3. The van der Waals surface area contributed by atoms with Gasteiger partial charge in [-0.05, 0) is 29.5 Å². The fourth-order valence-electron chi connectivity index (χ4n) is 2.85. The van der Waals surface area contributed by atoms with E-state index in [0.717, 1.165) is 17.7 Å². The first-order valence-corrected chi connectivity index (χ1v) is 7.63. The van der Waals surface area contributed by atoms with Crippen molar-refractivity contribution < 1.29 is 9.90 Å². The summed E-state index contributed by atoms with van der Waals surface area (Å²) in [6, 6.07) is 12.3. The lowest BCUT2D eigenvalue weighted by Crippen LogP contribution is -2.38. The van der Waals surface area contributed by atoms with Crippen molar-refractivity contribution in [1.82, 2.24) is 4.90 Å². The van der Waals surface area contributed by atoms with Gasteiger partial charge < -0.3 is 5.11 Å². The van der Waals surface area contributed by atoms with E-state index >= 15 is 0 Å². The monoisotopic (exact) mass is 287 g/mol. The molecule has 2 unspecified atom stereocenters. The Hall–Kier alpha value is -1.65. The number of carbonyl (C=O) groups is 1. The van der Waals surface area contributed by atoms with Crippen molar-refractivity contribution in [2.24, 2.45) is 0 Å². The number of aliphatic carboxylic acids is 1. The summed E-state index contributed by atoms with van der Waals surface area (Å²) < 4.78 is 0. The van der Waals surface area contributed by atoms with E-state index in [1.807, 2.05) is 30.3 Å². The van der Waals surface area contributed by atoms with Crippen LogP contribution >= 0.6 is 11.3 Å². The molecule has 4 heteroatoms. The molecule has 20 heavy (non-hydrogen) atoms. The molecule has 1 aromatic carbocycles. The lowest BCUT2D eigenvalue weighted by atomic mass is 9.89. The molecule has 1 aliphatic heterocycles. The quantitative estimate of drug-likeness (QED) is 0.939. The van der Waals surface area contributed by atoms with Gasteiger partial charge in [0.1, 0.15) is 0 Å². The Morgan fingerprint density at radius 1 is 1.35 bits per heavy atom. The van der Waals surface area contributed by atoms with E-state index in [4.69, 9.17) is 0 Å². The molecule has 2 aromatic rings. The second kappa shape index (κ2) is 5.38. The highest BCUT2D eigenvalue weighted by Gasteiger charge is 2.32. The van der Waals surface area contributed by atoms with Crippen LogP contribution < -0.4 is 0 Å². The second-order valence-electron chi connectivity index (χ2n) is 5.21. The number of thiophene rings is 1. The van der Waals surface area contributed by atoms with Crippen molar-refractivity contribution in [2.75, 3.05) is 6.54 Å². The Balaban J connectivity index is 1.92. The Morgan fingerprint density at radius 2 is 2.15 bits per heavy atom. The van der Waals surface area contributed by atoms with E-state index < -0.39 is 11.9 Å². The van der Waals surface area contributed by atoms with Crippen molar-refractivity contribution in [2.45, 2.75) is 25.4 Å². The molecule has 1 aromatic heterocycles. The van der Waals surface area contributed by atoms with E-state index in [0.29, 0.717) is 6.54 Å². The van der Waals surface area contributed by atoms with Gasteiger partial charge >= 0.3 is 5.97 Å². The van der Waals surface area contributed by atoms with Crippen molar-refractivity contribution in [3.8, 4) is 0 Å². The maximum atomic E-state index is 11.5. The van der Waals surface area contributed by atoms with Gasteiger partial charge in [0, 0.05) is 24.0 Å². The topological polar surface area (TPSA) is 40.5 Å².